The van der Waals surface area contributed by atoms with E-state index in [9.17, 15) is 9.90 Å². The van der Waals surface area contributed by atoms with E-state index in [-0.39, 0.29) is 5.75 Å². The molecule has 0 aromatic heterocycles. The zero-order chi connectivity index (χ0) is 16.1. The number of methoxy groups -OCH3 is 1. The smallest absolute Gasteiger partial charge is 0.273 e. The van der Waals surface area contributed by atoms with Crippen LogP contribution in [0, 0.1) is 3.57 Å². The van der Waals surface area contributed by atoms with Gasteiger partial charge in [-0.2, -0.15) is 5.10 Å². The SMILES string of the molecule is COc1cc(/C=N\NC(=O)c2ccccc2N)cc(I)c1O. The van der Waals surface area contributed by atoms with Crippen LogP contribution in [0.5, 0.6) is 11.5 Å². The maximum absolute atomic E-state index is 11.9. The molecule has 22 heavy (non-hydrogen) atoms. The lowest BCUT2D eigenvalue weighted by molar-refractivity contribution is 0.0956. The first kappa shape index (κ1) is 16.1. The molecule has 0 heterocycles. The number of phenolic OH excluding ortho intramolecular Hbond substituents is 1. The number of hydrazone groups is 1. The third kappa shape index (κ3) is 3.67. The summed E-state index contributed by atoms with van der Waals surface area (Å²) in [4.78, 5) is 11.9. The summed E-state index contributed by atoms with van der Waals surface area (Å²) in [7, 11) is 1.46. The number of hydrogen-bond acceptors (Lipinski definition) is 5. The van der Waals surface area contributed by atoms with Crippen molar-refractivity contribution < 1.29 is 14.6 Å². The van der Waals surface area contributed by atoms with Gasteiger partial charge in [0.05, 0.1) is 22.5 Å². The Morgan fingerprint density at radius 3 is 2.82 bits per heavy atom. The van der Waals surface area contributed by atoms with Crippen molar-refractivity contribution in [3.63, 3.8) is 0 Å². The number of nitrogens with two attached hydrogens (primary N) is 1. The summed E-state index contributed by atoms with van der Waals surface area (Å²) in [6.07, 6.45) is 1.46. The Bertz CT molecular complexity index is 732. The second-order valence-electron chi connectivity index (χ2n) is 4.34. The fourth-order valence-corrected chi connectivity index (χ4v) is 2.38. The van der Waals surface area contributed by atoms with E-state index in [1.165, 1.54) is 13.3 Å². The standard InChI is InChI=1S/C15H14IN3O3/c1-22-13-7-9(6-11(16)14(13)20)8-18-19-15(21)10-4-2-3-5-12(10)17/h2-8,20H,17H2,1H3,(H,19,21)/b18-8-. The lowest BCUT2D eigenvalue weighted by atomic mass is 10.2. The van der Waals surface area contributed by atoms with Gasteiger partial charge in [0.1, 0.15) is 0 Å². The molecule has 0 atom stereocenters. The second kappa shape index (κ2) is 7.12. The van der Waals surface area contributed by atoms with Crippen LogP contribution >= 0.6 is 22.6 Å². The molecule has 114 valence electrons. The van der Waals surface area contributed by atoms with Gasteiger partial charge in [0, 0.05) is 5.69 Å². The first-order valence-electron chi connectivity index (χ1n) is 6.27. The predicted octanol–water partition coefficient (Wildman–Crippen LogP) is 2.35. The van der Waals surface area contributed by atoms with Crippen molar-refractivity contribution in [2.45, 2.75) is 0 Å². The van der Waals surface area contributed by atoms with Gasteiger partial charge in [-0.05, 0) is 52.4 Å². The molecule has 0 unspecified atom stereocenters. The van der Waals surface area contributed by atoms with Gasteiger partial charge in [-0.3, -0.25) is 4.79 Å². The van der Waals surface area contributed by atoms with E-state index in [4.69, 9.17) is 10.5 Å². The number of aromatic hydroxyl groups is 1. The Balaban J connectivity index is 2.12. The zero-order valence-corrected chi connectivity index (χ0v) is 13.9. The highest BCUT2D eigenvalue weighted by Gasteiger charge is 2.09. The number of hydrogen-bond donors (Lipinski definition) is 3. The Morgan fingerprint density at radius 1 is 1.41 bits per heavy atom. The average Bonchev–Trinajstić information content (AvgIpc) is 2.50. The van der Waals surface area contributed by atoms with Gasteiger partial charge in [0.15, 0.2) is 11.5 Å². The summed E-state index contributed by atoms with van der Waals surface area (Å²) in [5, 5.41) is 13.6. The molecule has 0 saturated heterocycles. The molecule has 0 saturated carbocycles. The van der Waals surface area contributed by atoms with E-state index in [2.05, 4.69) is 10.5 Å². The fourth-order valence-electron chi connectivity index (χ4n) is 1.75. The summed E-state index contributed by atoms with van der Waals surface area (Å²) in [6.45, 7) is 0. The zero-order valence-electron chi connectivity index (χ0n) is 11.7. The quantitative estimate of drug-likeness (QED) is 0.312. The van der Waals surface area contributed by atoms with Crippen molar-refractivity contribution in [2.24, 2.45) is 5.10 Å². The maximum atomic E-state index is 11.9. The van der Waals surface area contributed by atoms with Gasteiger partial charge in [-0.15, -0.1) is 0 Å². The monoisotopic (exact) mass is 411 g/mol. The van der Waals surface area contributed by atoms with Crippen molar-refractivity contribution in [3.05, 3.63) is 51.1 Å². The molecule has 1 amide bonds. The number of para-hydroxylation sites is 1. The Kier molecular flexibility index (Phi) is 5.21. The second-order valence-corrected chi connectivity index (χ2v) is 5.50. The molecular formula is C15H14IN3O3. The van der Waals surface area contributed by atoms with Gasteiger partial charge >= 0.3 is 0 Å². The number of rotatable bonds is 4. The molecular weight excluding hydrogens is 397 g/mol. The van der Waals surface area contributed by atoms with E-state index in [1.807, 2.05) is 22.6 Å². The van der Waals surface area contributed by atoms with Crippen LogP contribution in [-0.2, 0) is 0 Å². The number of nitrogen functional groups attached to an aromatic ring is 1. The van der Waals surface area contributed by atoms with Crippen molar-refractivity contribution in [1.82, 2.24) is 5.43 Å². The van der Waals surface area contributed by atoms with Gasteiger partial charge in [-0.1, -0.05) is 12.1 Å². The molecule has 0 aliphatic carbocycles. The topological polar surface area (TPSA) is 96.9 Å². The molecule has 7 heteroatoms. The van der Waals surface area contributed by atoms with Crippen LogP contribution in [0.2, 0.25) is 0 Å². The number of carbonyl (C=O) groups excluding carboxylic acids is 1. The fraction of sp³-hybridized carbons (Fsp3) is 0.0667. The molecule has 0 fully saturated rings. The van der Waals surface area contributed by atoms with Gasteiger partial charge in [0.2, 0.25) is 0 Å². The number of nitrogens with one attached hydrogen (secondary N) is 1. The van der Waals surface area contributed by atoms with E-state index >= 15 is 0 Å². The lowest BCUT2D eigenvalue weighted by Crippen LogP contribution is -2.19. The molecule has 2 aromatic rings. The number of nitrogens with zero attached hydrogens (tertiary/aromatic N) is 1. The number of carbonyl (C=O) groups is 1. The molecule has 0 aliphatic rings. The Hall–Kier alpha value is -2.29. The van der Waals surface area contributed by atoms with Gasteiger partial charge in [-0.25, -0.2) is 5.43 Å². The molecule has 0 spiro atoms. The maximum Gasteiger partial charge on any atom is 0.273 e. The van der Waals surface area contributed by atoms with Gasteiger partial charge < -0.3 is 15.6 Å². The van der Waals surface area contributed by atoms with Crippen molar-refractivity contribution >= 4 is 40.4 Å². The van der Waals surface area contributed by atoms with E-state index < -0.39 is 5.91 Å². The van der Waals surface area contributed by atoms with Crippen molar-refractivity contribution in [3.8, 4) is 11.5 Å². The molecule has 2 aromatic carbocycles. The van der Waals surface area contributed by atoms with Crippen molar-refractivity contribution in [2.75, 3.05) is 12.8 Å². The summed E-state index contributed by atoms with van der Waals surface area (Å²) in [5.74, 6) is 0.0168. The highest BCUT2D eigenvalue weighted by Crippen LogP contribution is 2.31. The van der Waals surface area contributed by atoms with Crippen LogP contribution < -0.4 is 15.9 Å². The molecule has 2 rings (SSSR count). The van der Waals surface area contributed by atoms with E-state index in [1.54, 1.807) is 36.4 Å². The first-order chi connectivity index (χ1) is 10.5. The van der Waals surface area contributed by atoms with Crippen LogP contribution in [0.25, 0.3) is 0 Å². The summed E-state index contributed by atoms with van der Waals surface area (Å²) < 4.78 is 5.68. The number of anilines is 1. The minimum Gasteiger partial charge on any atom is -0.504 e. The normalized spacial score (nSPS) is 10.6. The first-order valence-corrected chi connectivity index (χ1v) is 7.35. The molecule has 0 aliphatic heterocycles. The van der Waals surface area contributed by atoms with Gasteiger partial charge in [0.25, 0.3) is 5.91 Å². The largest absolute Gasteiger partial charge is 0.504 e. The Morgan fingerprint density at radius 2 is 2.14 bits per heavy atom. The number of benzene rings is 2. The average molecular weight is 411 g/mol. The summed E-state index contributed by atoms with van der Waals surface area (Å²) in [5.41, 5.74) is 9.55. The third-order valence-electron chi connectivity index (χ3n) is 2.86. The minimum absolute atomic E-state index is 0.0707. The molecule has 6 nitrogen and oxygen atoms in total. The van der Waals surface area contributed by atoms with Crippen LogP contribution in [0.4, 0.5) is 5.69 Å². The van der Waals surface area contributed by atoms with E-state index in [0.717, 1.165) is 0 Å². The van der Waals surface area contributed by atoms with Crippen molar-refractivity contribution in [1.29, 1.82) is 0 Å². The predicted molar refractivity (Wildman–Crippen MR) is 93.3 cm³/mol. The summed E-state index contributed by atoms with van der Waals surface area (Å²) in [6, 6.07) is 10.1. The number of amides is 1. The number of ether oxygens (including phenoxy) is 1. The highest BCUT2D eigenvalue weighted by atomic mass is 127. The Labute approximate surface area is 141 Å². The molecule has 0 radical (unpaired) electrons. The minimum atomic E-state index is -0.394. The lowest BCUT2D eigenvalue weighted by Gasteiger charge is -2.06. The van der Waals surface area contributed by atoms with Crippen LogP contribution in [-0.4, -0.2) is 24.3 Å². The molecule has 0 bridgehead atoms. The molecule has 4 N–H and O–H groups in total. The number of phenols is 1. The summed E-state index contributed by atoms with van der Waals surface area (Å²) >= 11 is 1.98. The highest BCUT2D eigenvalue weighted by molar-refractivity contribution is 14.1. The number of halogens is 1. The third-order valence-corrected chi connectivity index (χ3v) is 3.68. The van der Waals surface area contributed by atoms with Crippen LogP contribution in [0.1, 0.15) is 15.9 Å². The van der Waals surface area contributed by atoms with E-state index in [0.29, 0.717) is 26.1 Å². The van der Waals surface area contributed by atoms with Crippen LogP contribution in [0.15, 0.2) is 41.5 Å². The van der Waals surface area contributed by atoms with Crippen LogP contribution in [0.3, 0.4) is 0 Å².